The zero-order chi connectivity index (χ0) is 16.9. The molecule has 0 atom stereocenters. The Morgan fingerprint density at radius 3 is 2.33 bits per heavy atom. The summed E-state index contributed by atoms with van der Waals surface area (Å²) in [6, 6.07) is 15.9. The van der Waals surface area contributed by atoms with Crippen LogP contribution in [0.2, 0.25) is 0 Å². The zero-order valence-corrected chi connectivity index (χ0v) is 12.9. The zero-order valence-electron chi connectivity index (χ0n) is 12.9. The molecule has 0 aliphatic carbocycles. The van der Waals surface area contributed by atoms with Crippen molar-refractivity contribution in [2.45, 2.75) is 0 Å². The van der Waals surface area contributed by atoms with Gasteiger partial charge in [0.2, 0.25) is 0 Å². The highest BCUT2D eigenvalue weighted by Gasteiger charge is 2.12. The van der Waals surface area contributed by atoms with Crippen LogP contribution in [0.1, 0.15) is 20.8 Å². The lowest BCUT2D eigenvalue weighted by atomic mass is 10.2. The Bertz CT molecular complexity index is 856. The van der Waals surface area contributed by atoms with Crippen LogP contribution in [0.5, 0.6) is 0 Å². The lowest BCUT2D eigenvalue weighted by molar-refractivity contribution is 0.0962. The van der Waals surface area contributed by atoms with Gasteiger partial charge in [-0.15, -0.1) is 5.10 Å². The third kappa shape index (κ3) is 3.30. The second kappa shape index (κ2) is 6.74. The number of hydrogen-bond donors (Lipinski definition) is 2. The van der Waals surface area contributed by atoms with Crippen LogP contribution in [0.3, 0.4) is 0 Å². The molecule has 0 bridgehead atoms. The number of hydrogen-bond acceptors (Lipinski definition) is 4. The monoisotopic (exact) mass is 321 g/mol. The number of carbonyl (C=O) groups excluding carboxylic acids is 2. The summed E-state index contributed by atoms with van der Waals surface area (Å²) in [7, 11) is 1.56. The van der Waals surface area contributed by atoms with Crippen molar-refractivity contribution < 1.29 is 9.59 Å². The molecular formula is C17H15N5O2. The summed E-state index contributed by atoms with van der Waals surface area (Å²) in [5.41, 5.74) is 2.06. The second-order valence-corrected chi connectivity index (χ2v) is 4.97. The second-order valence-electron chi connectivity index (χ2n) is 4.97. The van der Waals surface area contributed by atoms with Gasteiger partial charge in [-0.05, 0) is 36.4 Å². The number of aromatic nitrogens is 3. The van der Waals surface area contributed by atoms with E-state index in [1.807, 2.05) is 30.3 Å². The maximum Gasteiger partial charge on any atom is 0.277 e. The van der Waals surface area contributed by atoms with Crippen molar-refractivity contribution in [2.24, 2.45) is 0 Å². The van der Waals surface area contributed by atoms with Gasteiger partial charge in [0, 0.05) is 18.3 Å². The Balaban J connectivity index is 1.71. The number of carbonyl (C=O) groups is 2. The first kappa shape index (κ1) is 15.4. The Hall–Kier alpha value is -3.48. The highest BCUT2D eigenvalue weighted by atomic mass is 16.2. The van der Waals surface area contributed by atoms with Crippen LogP contribution in [0.15, 0.2) is 60.8 Å². The molecule has 2 N–H and O–H groups in total. The van der Waals surface area contributed by atoms with Gasteiger partial charge in [0.1, 0.15) is 0 Å². The molecule has 0 spiro atoms. The van der Waals surface area contributed by atoms with Crippen molar-refractivity contribution in [3.8, 4) is 5.69 Å². The predicted octanol–water partition coefficient (Wildman–Crippen LogP) is 1.88. The minimum Gasteiger partial charge on any atom is -0.355 e. The Labute approximate surface area is 138 Å². The Morgan fingerprint density at radius 1 is 0.958 bits per heavy atom. The molecule has 7 nitrogen and oxygen atoms in total. The molecule has 0 saturated heterocycles. The van der Waals surface area contributed by atoms with Crippen molar-refractivity contribution in [1.29, 1.82) is 0 Å². The van der Waals surface area contributed by atoms with Crippen LogP contribution in [0.4, 0.5) is 5.69 Å². The van der Waals surface area contributed by atoms with Gasteiger partial charge >= 0.3 is 0 Å². The van der Waals surface area contributed by atoms with E-state index >= 15 is 0 Å². The Morgan fingerprint density at radius 2 is 1.67 bits per heavy atom. The van der Waals surface area contributed by atoms with E-state index in [1.54, 1.807) is 31.3 Å². The minimum atomic E-state index is -0.370. The van der Waals surface area contributed by atoms with E-state index < -0.39 is 0 Å². The first-order valence-electron chi connectivity index (χ1n) is 7.28. The quantitative estimate of drug-likeness (QED) is 0.768. The number of benzene rings is 2. The largest absolute Gasteiger partial charge is 0.355 e. The van der Waals surface area contributed by atoms with E-state index in [0.29, 0.717) is 11.3 Å². The van der Waals surface area contributed by atoms with Crippen molar-refractivity contribution in [1.82, 2.24) is 20.3 Å². The van der Waals surface area contributed by atoms with E-state index in [4.69, 9.17) is 0 Å². The number of nitrogens with one attached hydrogen (secondary N) is 2. The maximum atomic E-state index is 12.2. The van der Waals surface area contributed by atoms with Crippen LogP contribution >= 0.6 is 0 Å². The minimum absolute atomic E-state index is 0.182. The first-order valence-corrected chi connectivity index (χ1v) is 7.28. The molecule has 2 aromatic carbocycles. The topological polar surface area (TPSA) is 88.9 Å². The number of rotatable bonds is 4. The van der Waals surface area contributed by atoms with Crippen molar-refractivity contribution in [2.75, 3.05) is 12.4 Å². The molecule has 0 radical (unpaired) electrons. The molecule has 0 aliphatic rings. The summed E-state index contributed by atoms with van der Waals surface area (Å²) in [4.78, 5) is 25.1. The van der Waals surface area contributed by atoms with Gasteiger partial charge in [0.25, 0.3) is 11.8 Å². The van der Waals surface area contributed by atoms with E-state index in [9.17, 15) is 9.59 Å². The summed E-state index contributed by atoms with van der Waals surface area (Å²) >= 11 is 0. The molecule has 1 heterocycles. The molecule has 0 unspecified atom stereocenters. The number of nitrogens with zero attached hydrogens (tertiary/aromatic N) is 3. The van der Waals surface area contributed by atoms with Crippen molar-refractivity contribution in [3.05, 3.63) is 72.1 Å². The lowest BCUT2D eigenvalue weighted by Crippen LogP contribution is -2.18. The fourth-order valence-corrected chi connectivity index (χ4v) is 2.10. The van der Waals surface area contributed by atoms with Crippen LogP contribution in [-0.2, 0) is 0 Å². The van der Waals surface area contributed by atoms with Gasteiger partial charge in [-0.1, -0.05) is 18.2 Å². The number of anilines is 1. The van der Waals surface area contributed by atoms with E-state index in [1.165, 1.54) is 11.0 Å². The van der Waals surface area contributed by atoms with Gasteiger partial charge in [0.15, 0.2) is 5.69 Å². The summed E-state index contributed by atoms with van der Waals surface area (Å²) in [6.07, 6.45) is 1.40. The average Bonchev–Trinajstić information content (AvgIpc) is 3.13. The Kier molecular flexibility index (Phi) is 4.33. The molecule has 2 amide bonds. The summed E-state index contributed by atoms with van der Waals surface area (Å²) in [5.74, 6) is -0.552. The molecule has 0 saturated carbocycles. The third-order valence-electron chi connectivity index (χ3n) is 3.34. The maximum absolute atomic E-state index is 12.2. The van der Waals surface area contributed by atoms with E-state index in [2.05, 4.69) is 20.8 Å². The molecule has 1 aromatic heterocycles. The first-order chi connectivity index (χ1) is 11.7. The van der Waals surface area contributed by atoms with Crippen LogP contribution in [0, 0.1) is 0 Å². The van der Waals surface area contributed by atoms with Crippen LogP contribution in [-0.4, -0.2) is 33.9 Å². The SMILES string of the molecule is CNC(=O)c1ccc(NC(=O)c2cnn(-c3ccccc3)n2)cc1. The average molecular weight is 321 g/mol. The van der Waals surface area contributed by atoms with Gasteiger partial charge < -0.3 is 10.6 Å². The molecular weight excluding hydrogens is 306 g/mol. The fraction of sp³-hybridized carbons (Fsp3) is 0.0588. The molecule has 24 heavy (non-hydrogen) atoms. The normalized spacial score (nSPS) is 10.2. The van der Waals surface area contributed by atoms with Gasteiger partial charge in [-0.2, -0.15) is 9.90 Å². The molecule has 0 aliphatic heterocycles. The summed E-state index contributed by atoms with van der Waals surface area (Å²) < 4.78 is 0. The molecule has 0 fully saturated rings. The standard InChI is InChI=1S/C17H15N5O2/c1-18-16(23)12-7-9-13(10-8-12)20-17(24)15-11-19-22(21-15)14-5-3-2-4-6-14/h2-11H,1H3,(H,18,23)(H,20,24). The summed E-state index contributed by atoms with van der Waals surface area (Å²) in [5, 5.41) is 13.5. The van der Waals surface area contributed by atoms with E-state index in [-0.39, 0.29) is 17.5 Å². The van der Waals surface area contributed by atoms with E-state index in [0.717, 1.165) is 5.69 Å². The highest BCUT2D eigenvalue weighted by Crippen LogP contribution is 2.11. The molecule has 120 valence electrons. The van der Waals surface area contributed by atoms with Gasteiger partial charge in [0.05, 0.1) is 11.9 Å². The predicted molar refractivity (Wildman–Crippen MR) is 89.1 cm³/mol. The summed E-state index contributed by atoms with van der Waals surface area (Å²) in [6.45, 7) is 0. The van der Waals surface area contributed by atoms with Crippen LogP contribution < -0.4 is 10.6 Å². The van der Waals surface area contributed by atoms with Crippen LogP contribution in [0.25, 0.3) is 5.69 Å². The third-order valence-corrected chi connectivity index (χ3v) is 3.34. The van der Waals surface area contributed by atoms with Gasteiger partial charge in [-0.3, -0.25) is 9.59 Å². The molecule has 3 aromatic rings. The van der Waals surface area contributed by atoms with Crippen molar-refractivity contribution in [3.63, 3.8) is 0 Å². The lowest BCUT2D eigenvalue weighted by Gasteiger charge is -2.04. The highest BCUT2D eigenvalue weighted by molar-refractivity contribution is 6.03. The number of para-hydroxylation sites is 1. The molecule has 3 rings (SSSR count). The smallest absolute Gasteiger partial charge is 0.277 e. The van der Waals surface area contributed by atoms with Gasteiger partial charge in [-0.25, -0.2) is 0 Å². The van der Waals surface area contributed by atoms with Crippen molar-refractivity contribution >= 4 is 17.5 Å². The molecule has 7 heteroatoms. The fourth-order valence-electron chi connectivity index (χ4n) is 2.10. The number of amides is 2.